The fourth-order valence-corrected chi connectivity index (χ4v) is 2.05. The van der Waals surface area contributed by atoms with E-state index in [1.165, 1.54) is 6.20 Å². The molecule has 5 nitrogen and oxygen atoms in total. The normalized spacial score (nSPS) is 10.5. The van der Waals surface area contributed by atoms with Crippen LogP contribution in [0.5, 0.6) is 0 Å². The van der Waals surface area contributed by atoms with Gasteiger partial charge in [0.15, 0.2) is 17.5 Å². The molecule has 2 N–H and O–H groups in total. The summed E-state index contributed by atoms with van der Waals surface area (Å²) in [4.78, 5) is 20.8. The maximum absolute atomic E-state index is 14.2. The highest BCUT2D eigenvalue weighted by molar-refractivity contribution is 6.35. The van der Waals surface area contributed by atoms with Gasteiger partial charge in [-0.25, -0.2) is 23.6 Å². The smallest absolute Gasteiger partial charge is 0.277 e. The van der Waals surface area contributed by atoms with E-state index in [0.717, 1.165) is 5.56 Å². The molecule has 1 amide bonds. The molecule has 0 unspecified atom stereocenters. The van der Waals surface area contributed by atoms with Gasteiger partial charge >= 0.3 is 0 Å². The number of aromatic nitrogens is 1. The molecule has 0 aliphatic rings. The second kappa shape index (κ2) is 7.35. The first kappa shape index (κ1) is 17.8. The molecule has 0 saturated carbocycles. The lowest BCUT2D eigenvalue weighted by atomic mass is 9.95. The van der Waals surface area contributed by atoms with E-state index in [9.17, 15) is 18.0 Å². The van der Waals surface area contributed by atoms with Crippen LogP contribution in [0.15, 0.2) is 18.3 Å². The van der Waals surface area contributed by atoms with Gasteiger partial charge in [-0.2, -0.15) is 0 Å². The van der Waals surface area contributed by atoms with Gasteiger partial charge in [0.05, 0.1) is 17.9 Å². The van der Waals surface area contributed by atoms with Crippen LogP contribution in [0, 0.1) is 24.4 Å². The molecule has 1 heterocycles. The molecule has 2 rings (SSSR count). The van der Waals surface area contributed by atoms with Crippen LogP contribution in [0.1, 0.15) is 22.8 Å². The molecular weight excluding hydrogens is 322 g/mol. The number of nitrogens with one attached hydrogen (secondary N) is 2. The Morgan fingerprint density at radius 1 is 1.29 bits per heavy atom. The van der Waals surface area contributed by atoms with Crippen LogP contribution < -0.4 is 16.3 Å². The van der Waals surface area contributed by atoms with E-state index >= 15 is 0 Å². The number of hydrogen-bond donors (Lipinski definition) is 2. The van der Waals surface area contributed by atoms with Crippen molar-refractivity contribution in [1.29, 1.82) is 0 Å². The van der Waals surface area contributed by atoms with Crippen molar-refractivity contribution in [1.82, 2.24) is 10.5 Å². The van der Waals surface area contributed by atoms with E-state index in [4.69, 9.17) is 4.84 Å². The standard InChI is InChI=1S/C15H15BF3N3O2/c1-3-24-22-15(23)8-5-10(17)11(18)12(19)13(8)21-14-9(16)4-7(2)6-20-14/h4-6H,3,16H2,1-2H3,(H,20,21)(H,22,23). The van der Waals surface area contributed by atoms with E-state index in [-0.39, 0.29) is 12.4 Å². The largest absolute Gasteiger partial charge is 0.338 e. The van der Waals surface area contributed by atoms with E-state index in [1.807, 2.05) is 12.4 Å². The fourth-order valence-electron chi connectivity index (χ4n) is 2.05. The van der Waals surface area contributed by atoms with Crippen molar-refractivity contribution in [2.75, 3.05) is 11.9 Å². The predicted molar refractivity (Wildman–Crippen MR) is 85.8 cm³/mol. The fraction of sp³-hybridized carbons (Fsp3) is 0.200. The molecule has 0 saturated heterocycles. The second-order valence-corrected chi connectivity index (χ2v) is 5.08. The molecule has 9 heteroatoms. The first-order chi connectivity index (χ1) is 11.3. The molecule has 0 aliphatic heterocycles. The molecule has 1 aromatic carbocycles. The molecule has 0 spiro atoms. The number of hydroxylamine groups is 1. The molecule has 0 fully saturated rings. The number of halogens is 3. The number of pyridine rings is 1. The average Bonchev–Trinajstić information content (AvgIpc) is 2.54. The van der Waals surface area contributed by atoms with Crippen molar-refractivity contribution < 1.29 is 22.8 Å². The monoisotopic (exact) mass is 337 g/mol. The van der Waals surface area contributed by atoms with Gasteiger partial charge in [-0.3, -0.25) is 9.63 Å². The lowest BCUT2D eigenvalue weighted by molar-refractivity contribution is 0.0364. The molecule has 0 bridgehead atoms. The van der Waals surface area contributed by atoms with Crippen LogP contribution in [0.4, 0.5) is 24.7 Å². The highest BCUT2D eigenvalue weighted by atomic mass is 19.2. The highest BCUT2D eigenvalue weighted by Gasteiger charge is 2.23. The molecule has 0 radical (unpaired) electrons. The Balaban J connectivity index is 2.50. The van der Waals surface area contributed by atoms with Gasteiger partial charge in [0.1, 0.15) is 13.7 Å². The number of aryl methyl sites for hydroxylation is 1. The predicted octanol–water partition coefficient (Wildman–Crippen LogP) is 1.49. The molecule has 0 atom stereocenters. The average molecular weight is 337 g/mol. The van der Waals surface area contributed by atoms with Gasteiger partial charge < -0.3 is 5.32 Å². The van der Waals surface area contributed by atoms with Gasteiger partial charge in [0.2, 0.25) is 0 Å². The first-order valence-corrected chi connectivity index (χ1v) is 7.15. The first-order valence-electron chi connectivity index (χ1n) is 7.15. The van der Waals surface area contributed by atoms with Crippen molar-refractivity contribution in [2.24, 2.45) is 0 Å². The number of carbonyl (C=O) groups is 1. The van der Waals surface area contributed by atoms with E-state index in [1.54, 1.807) is 20.8 Å². The second-order valence-electron chi connectivity index (χ2n) is 5.08. The van der Waals surface area contributed by atoms with E-state index < -0.39 is 34.6 Å². The lowest BCUT2D eigenvalue weighted by Gasteiger charge is -2.15. The number of nitrogens with zero attached hydrogens (tertiary/aromatic N) is 1. The summed E-state index contributed by atoms with van der Waals surface area (Å²) in [6.45, 7) is 3.59. The summed E-state index contributed by atoms with van der Waals surface area (Å²) in [5, 5.41) is 2.55. The number of rotatable bonds is 5. The number of anilines is 2. The van der Waals surface area contributed by atoms with Crippen LogP contribution in [-0.2, 0) is 4.84 Å². The van der Waals surface area contributed by atoms with Crippen LogP contribution in [-0.4, -0.2) is 25.3 Å². The quantitative estimate of drug-likeness (QED) is 0.493. The minimum atomic E-state index is -1.68. The Kier molecular flexibility index (Phi) is 5.45. The van der Waals surface area contributed by atoms with Crippen molar-refractivity contribution in [3.8, 4) is 0 Å². The minimum Gasteiger partial charge on any atom is -0.338 e. The zero-order valence-electron chi connectivity index (χ0n) is 13.3. The van der Waals surface area contributed by atoms with Crippen molar-refractivity contribution in [2.45, 2.75) is 13.8 Å². The highest BCUT2D eigenvalue weighted by Crippen LogP contribution is 2.27. The van der Waals surface area contributed by atoms with Gasteiger partial charge in [-0.1, -0.05) is 6.07 Å². The zero-order chi connectivity index (χ0) is 17.9. The van der Waals surface area contributed by atoms with Crippen LogP contribution >= 0.6 is 0 Å². The Bertz CT molecular complexity index is 787. The van der Waals surface area contributed by atoms with E-state index in [2.05, 4.69) is 10.3 Å². The van der Waals surface area contributed by atoms with E-state index in [0.29, 0.717) is 11.5 Å². The third kappa shape index (κ3) is 3.68. The Morgan fingerprint density at radius 2 is 2.00 bits per heavy atom. The van der Waals surface area contributed by atoms with Gasteiger partial charge in [0, 0.05) is 6.20 Å². The molecule has 0 aliphatic carbocycles. The topological polar surface area (TPSA) is 63.2 Å². The number of hydrogen-bond acceptors (Lipinski definition) is 4. The summed E-state index contributed by atoms with van der Waals surface area (Å²) >= 11 is 0. The summed E-state index contributed by atoms with van der Waals surface area (Å²) in [6.07, 6.45) is 1.52. The molecule has 1 aromatic heterocycles. The molecule has 24 heavy (non-hydrogen) atoms. The molecular formula is C15H15BF3N3O2. The van der Waals surface area contributed by atoms with Crippen LogP contribution in [0.25, 0.3) is 0 Å². The number of carbonyl (C=O) groups excluding carboxylic acids is 1. The lowest BCUT2D eigenvalue weighted by Crippen LogP contribution is -2.26. The van der Waals surface area contributed by atoms with Crippen molar-refractivity contribution in [3.63, 3.8) is 0 Å². The Morgan fingerprint density at radius 3 is 2.62 bits per heavy atom. The Hall–Kier alpha value is -2.55. The van der Waals surface area contributed by atoms with Crippen LogP contribution in [0.3, 0.4) is 0 Å². The van der Waals surface area contributed by atoms with Crippen molar-refractivity contribution in [3.05, 3.63) is 46.9 Å². The molecule has 2 aromatic rings. The summed E-state index contributed by atoms with van der Waals surface area (Å²) in [5.41, 5.74) is 2.57. The molecule has 126 valence electrons. The maximum Gasteiger partial charge on any atom is 0.277 e. The van der Waals surface area contributed by atoms with Gasteiger partial charge in [-0.15, -0.1) is 0 Å². The number of benzene rings is 1. The van der Waals surface area contributed by atoms with Gasteiger partial charge in [-0.05, 0) is 30.9 Å². The third-order valence-electron chi connectivity index (χ3n) is 3.17. The zero-order valence-corrected chi connectivity index (χ0v) is 13.3. The maximum atomic E-state index is 14.2. The van der Waals surface area contributed by atoms with Gasteiger partial charge in [0.25, 0.3) is 5.91 Å². The summed E-state index contributed by atoms with van der Waals surface area (Å²) in [6, 6.07) is 2.37. The number of amides is 1. The third-order valence-corrected chi connectivity index (χ3v) is 3.17. The summed E-state index contributed by atoms with van der Waals surface area (Å²) in [7, 11) is 1.71. The summed E-state index contributed by atoms with van der Waals surface area (Å²) < 4.78 is 41.3. The van der Waals surface area contributed by atoms with Crippen LogP contribution in [0.2, 0.25) is 0 Å². The van der Waals surface area contributed by atoms with Crippen molar-refractivity contribution >= 4 is 30.7 Å². The minimum absolute atomic E-state index is 0.152. The Labute approximate surface area is 137 Å². The SMILES string of the molecule is Bc1cc(C)cnc1Nc1c(C(=O)NOCC)cc(F)c(F)c1F. The summed E-state index contributed by atoms with van der Waals surface area (Å²) in [5.74, 6) is -5.38.